The summed E-state index contributed by atoms with van der Waals surface area (Å²) in [5.74, 6) is 2.02. The van der Waals surface area contributed by atoms with E-state index in [4.69, 9.17) is 9.72 Å². The third kappa shape index (κ3) is 3.56. The molecule has 1 saturated heterocycles. The van der Waals surface area contributed by atoms with Crippen molar-refractivity contribution in [2.24, 2.45) is 0 Å². The molecule has 1 aliphatic heterocycles. The molecule has 0 bridgehead atoms. The van der Waals surface area contributed by atoms with Crippen LogP contribution in [0.5, 0.6) is 5.75 Å². The van der Waals surface area contributed by atoms with Crippen LogP contribution in [0, 0.1) is 6.92 Å². The van der Waals surface area contributed by atoms with Gasteiger partial charge in [-0.2, -0.15) is 0 Å². The predicted molar refractivity (Wildman–Crippen MR) is 123 cm³/mol. The van der Waals surface area contributed by atoms with Crippen molar-refractivity contribution < 1.29 is 9.53 Å². The highest BCUT2D eigenvalue weighted by molar-refractivity contribution is 5.97. The Bertz CT molecular complexity index is 1240. The van der Waals surface area contributed by atoms with Crippen molar-refractivity contribution in [2.75, 3.05) is 18.6 Å². The molecule has 1 amide bonds. The molecule has 0 spiro atoms. The molecule has 5 heteroatoms. The summed E-state index contributed by atoms with van der Waals surface area (Å²) in [6, 6.07) is 24.4. The number of benzene rings is 3. The van der Waals surface area contributed by atoms with Gasteiger partial charge in [-0.25, -0.2) is 4.98 Å². The van der Waals surface area contributed by atoms with Crippen molar-refractivity contribution in [1.29, 1.82) is 0 Å². The monoisotopic (exact) mass is 411 g/mol. The number of methoxy groups -OCH3 is 1. The Kier molecular flexibility index (Phi) is 4.94. The van der Waals surface area contributed by atoms with Gasteiger partial charge in [-0.15, -0.1) is 0 Å². The van der Waals surface area contributed by atoms with E-state index in [-0.39, 0.29) is 11.8 Å². The summed E-state index contributed by atoms with van der Waals surface area (Å²) in [6.07, 6.45) is 0.472. The summed E-state index contributed by atoms with van der Waals surface area (Å²) in [4.78, 5) is 19.8. The SMILES string of the molecule is COc1ccc(Cn2c([C@@H]3CC(=O)N(c4ccccc4C)C3)nc3ccccc32)cc1. The minimum Gasteiger partial charge on any atom is -0.497 e. The van der Waals surface area contributed by atoms with Gasteiger partial charge in [-0.3, -0.25) is 4.79 Å². The van der Waals surface area contributed by atoms with Gasteiger partial charge < -0.3 is 14.2 Å². The Morgan fingerprint density at radius 1 is 1.00 bits per heavy atom. The first kappa shape index (κ1) is 19.4. The van der Waals surface area contributed by atoms with Gasteiger partial charge in [0, 0.05) is 31.1 Å². The van der Waals surface area contributed by atoms with Crippen LogP contribution in [-0.4, -0.2) is 29.1 Å². The maximum Gasteiger partial charge on any atom is 0.227 e. The van der Waals surface area contributed by atoms with Crippen molar-refractivity contribution in [3.8, 4) is 5.75 Å². The van der Waals surface area contributed by atoms with Crippen molar-refractivity contribution >= 4 is 22.6 Å². The summed E-state index contributed by atoms with van der Waals surface area (Å²) in [7, 11) is 1.67. The zero-order chi connectivity index (χ0) is 21.4. The fourth-order valence-corrected chi connectivity index (χ4v) is 4.47. The van der Waals surface area contributed by atoms with Crippen LogP contribution in [0.15, 0.2) is 72.8 Å². The Hall–Kier alpha value is -3.60. The van der Waals surface area contributed by atoms with Gasteiger partial charge in [0.1, 0.15) is 11.6 Å². The standard InChI is InChI=1S/C26H25N3O2/c1-18-7-3-5-9-23(18)28-17-20(15-25(28)30)26-27-22-8-4-6-10-24(22)29(26)16-19-11-13-21(31-2)14-12-19/h3-14,20H,15-17H2,1-2H3/t20-/m1/s1. The molecule has 0 saturated carbocycles. The van der Waals surface area contributed by atoms with E-state index in [0.717, 1.165) is 33.9 Å². The summed E-state index contributed by atoms with van der Waals surface area (Å²) in [5, 5.41) is 0. The van der Waals surface area contributed by atoms with Crippen molar-refractivity contribution in [2.45, 2.75) is 25.8 Å². The molecule has 5 nitrogen and oxygen atoms in total. The summed E-state index contributed by atoms with van der Waals surface area (Å²) < 4.78 is 7.55. The maximum atomic E-state index is 12.9. The van der Waals surface area contributed by atoms with Gasteiger partial charge in [-0.05, 0) is 48.4 Å². The first-order chi connectivity index (χ1) is 15.1. The van der Waals surface area contributed by atoms with E-state index < -0.39 is 0 Å². The molecular formula is C26H25N3O2. The Morgan fingerprint density at radius 3 is 2.52 bits per heavy atom. The lowest BCUT2D eigenvalue weighted by Crippen LogP contribution is -2.25. The molecular weight excluding hydrogens is 386 g/mol. The van der Waals surface area contributed by atoms with Gasteiger partial charge in [-0.1, -0.05) is 42.5 Å². The van der Waals surface area contributed by atoms with Crippen molar-refractivity contribution in [3.05, 3.63) is 89.7 Å². The number of carbonyl (C=O) groups is 1. The van der Waals surface area contributed by atoms with E-state index in [1.807, 2.05) is 53.4 Å². The molecule has 1 aromatic heterocycles. The average molecular weight is 412 g/mol. The third-order valence-electron chi connectivity index (χ3n) is 6.08. The molecule has 2 heterocycles. The van der Waals surface area contributed by atoms with Crippen LogP contribution in [0.3, 0.4) is 0 Å². The lowest BCUT2D eigenvalue weighted by Gasteiger charge is -2.19. The second kappa shape index (κ2) is 7.91. The smallest absolute Gasteiger partial charge is 0.227 e. The van der Waals surface area contributed by atoms with Gasteiger partial charge in [0.2, 0.25) is 5.91 Å². The van der Waals surface area contributed by atoms with Crippen LogP contribution in [-0.2, 0) is 11.3 Å². The lowest BCUT2D eigenvalue weighted by atomic mass is 10.1. The molecule has 0 radical (unpaired) electrons. The van der Waals surface area contributed by atoms with Crippen LogP contribution in [0.25, 0.3) is 11.0 Å². The van der Waals surface area contributed by atoms with Crippen molar-refractivity contribution in [1.82, 2.24) is 9.55 Å². The number of hydrogen-bond acceptors (Lipinski definition) is 3. The number of ether oxygens (including phenoxy) is 1. The molecule has 0 aliphatic carbocycles. The first-order valence-corrected chi connectivity index (χ1v) is 10.6. The van der Waals surface area contributed by atoms with Crippen LogP contribution < -0.4 is 9.64 Å². The highest BCUT2D eigenvalue weighted by Crippen LogP contribution is 2.34. The van der Waals surface area contributed by atoms with Gasteiger partial charge in [0.25, 0.3) is 0 Å². The quantitative estimate of drug-likeness (QED) is 0.468. The molecule has 1 fully saturated rings. The lowest BCUT2D eigenvalue weighted by molar-refractivity contribution is -0.117. The molecule has 0 N–H and O–H groups in total. The topological polar surface area (TPSA) is 47.4 Å². The fraction of sp³-hybridized carbons (Fsp3) is 0.231. The van der Waals surface area contributed by atoms with Gasteiger partial charge in [0.05, 0.1) is 18.1 Å². The third-order valence-corrected chi connectivity index (χ3v) is 6.08. The number of imidazole rings is 1. The van der Waals surface area contributed by atoms with Crippen LogP contribution in [0.4, 0.5) is 5.69 Å². The van der Waals surface area contributed by atoms with E-state index >= 15 is 0 Å². The summed E-state index contributed by atoms with van der Waals surface area (Å²) in [6.45, 7) is 3.40. The van der Waals surface area contributed by atoms with E-state index in [2.05, 4.69) is 35.8 Å². The molecule has 156 valence electrons. The fourth-order valence-electron chi connectivity index (χ4n) is 4.47. The van der Waals surface area contributed by atoms with Crippen molar-refractivity contribution in [3.63, 3.8) is 0 Å². The minimum absolute atomic E-state index is 0.0535. The summed E-state index contributed by atoms with van der Waals surface area (Å²) >= 11 is 0. The van der Waals surface area contributed by atoms with Crippen LogP contribution in [0.2, 0.25) is 0 Å². The number of fused-ring (bicyclic) bond motifs is 1. The summed E-state index contributed by atoms with van der Waals surface area (Å²) in [5.41, 5.74) is 5.34. The largest absolute Gasteiger partial charge is 0.497 e. The van der Waals surface area contributed by atoms with Gasteiger partial charge in [0.15, 0.2) is 0 Å². The van der Waals surface area contributed by atoms with Gasteiger partial charge >= 0.3 is 0 Å². The normalized spacial score (nSPS) is 16.3. The second-order valence-electron chi connectivity index (χ2n) is 8.08. The number of para-hydroxylation sites is 3. The maximum absolute atomic E-state index is 12.9. The highest BCUT2D eigenvalue weighted by Gasteiger charge is 2.35. The Morgan fingerprint density at radius 2 is 1.74 bits per heavy atom. The molecule has 0 unspecified atom stereocenters. The number of carbonyl (C=O) groups excluding carboxylic acids is 1. The number of amides is 1. The zero-order valence-corrected chi connectivity index (χ0v) is 17.8. The molecule has 1 atom stereocenters. The van der Waals surface area contributed by atoms with E-state index in [1.54, 1.807) is 7.11 Å². The number of rotatable bonds is 5. The minimum atomic E-state index is 0.0535. The average Bonchev–Trinajstić information content (AvgIpc) is 3.35. The number of hydrogen-bond donors (Lipinski definition) is 0. The number of anilines is 1. The van der Waals surface area contributed by atoms with E-state index in [0.29, 0.717) is 19.5 Å². The van der Waals surface area contributed by atoms with E-state index in [1.165, 1.54) is 5.56 Å². The second-order valence-corrected chi connectivity index (χ2v) is 8.08. The number of aromatic nitrogens is 2. The van der Waals surface area contributed by atoms with E-state index in [9.17, 15) is 4.79 Å². The first-order valence-electron chi connectivity index (χ1n) is 10.6. The molecule has 1 aliphatic rings. The Labute approximate surface area is 181 Å². The molecule has 3 aromatic carbocycles. The predicted octanol–water partition coefficient (Wildman–Crippen LogP) is 4.92. The molecule has 5 rings (SSSR count). The number of aryl methyl sites for hydroxylation is 1. The zero-order valence-electron chi connectivity index (χ0n) is 17.8. The Balaban J connectivity index is 1.52. The van der Waals surface area contributed by atoms with Crippen LogP contribution in [0.1, 0.15) is 29.3 Å². The molecule has 31 heavy (non-hydrogen) atoms. The van der Waals surface area contributed by atoms with Crippen LogP contribution >= 0.6 is 0 Å². The molecule has 4 aromatic rings. The highest BCUT2D eigenvalue weighted by atomic mass is 16.5. The number of nitrogens with zero attached hydrogens (tertiary/aromatic N) is 3.